The average Bonchev–Trinajstić information content (AvgIpc) is 2.39. The molecule has 0 radical (unpaired) electrons. The van der Waals surface area contributed by atoms with Crippen LogP contribution in [0, 0.1) is 11.8 Å². The Bertz CT molecular complexity index is 416. The van der Waals surface area contributed by atoms with Crippen molar-refractivity contribution in [3.63, 3.8) is 0 Å². The smallest absolute Gasteiger partial charge is 0.307 e. The van der Waals surface area contributed by atoms with E-state index in [1.807, 2.05) is 12.2 Å². The Labute approximate surface area is 99.6 Å². The first kappa shape index (κ1) is 11.8. The van der Waals surface area contributed by atoms with Crippen molar-refractivity contribution >= 4 is 5.97 Å². The minimum atomic E-state index is -0.852. The number of allylic oxidation sites excluding steroid dienone is 2. The third-order valence-corrected chi connectivity index (χ3v) is 3.20. The van der Waals surface area contributed by atoms with Crippen molar-refractivity contribution in [3.8, 4) is 0 Å². The van der Waals surface area contributed by atoms with Gasteiger partial charge in [-0.2, -0.15) is 0 Å². The van der Waals surface area contributed by atoms with E-state index in [4.69, 9.17) is 5.11 Å². The SMILES string of the molecule is O=C(O)[C@@H]1CC=CC[C@H]1C(O)c1ccccn1. The molecule has 4 heteroatoms. The fourth-order valence-corrected chi connectivity index (χ4v) is 2.24. The van der Waals surface area contributed by atoms with Crippen LogP contribution in [0.5, 0.6) is 0 Å². The molecule has 0 bridgehead atoms. The number of aliphatic hydroxyl groups excluding tert-OH is 1. The fourth-order valence-electron chi connectivity index (χ4n) is 2.24. The van der Waals surface area contributed by atoms with Crippen molar-refractivity contribution in [3.05, 3.63) is 42.2 Å². The molecule has 3 atom stereocenters. The van der Waals surface area contributed by atoms with Crippen molar-refractivity contribution in [2.45, 2.75) is 18.9 Å². The zero-order valence-electron chi connectivity index (χ0n) is 9.36. The Hall–Kier alpha value is -1.68. The molecule has 0 aromatic carbocycles. The molecule has 1 aliphatic rings. The number of pyridine rings is 1. The van der Waals surface area contributed by atoms with E-state index in [1.54, 1.807) is 24.4 Å². The van der Waals surface area contributed by atoms with Gasteiger partial charge in [0.15, 0.2) is 0 Å². The van der Waals surface area contributed by atoms with Gasteiger partial charge in [0.1, 0.15) is 0 Å². The summed E-state index contributed by atoms with van der Waals surface area (Å²) >= 11 is 0. The molecule has 2 N–H and O–H groups in total. The van der Waals surface area contributed by atoms with E-state index in [9.17, 15) is 9.90 Å². The standard InChI is InChI=1S/C13H15NO3/c15-12(11-7-3-4-8-14-11)9-5-1-2-6-10(9)13(16)17/h1-4,7-10,12,15H,5-6H2,(H,16,17)/t9-,10-,12?/m1/s1. The summed E-state index contributed by atoms with van der Waals surface area (Å²) in [7, 11) is 0. The summed E-state index contributed by atoms with van der Waals surface area (Å²) < 4.78 is 0. The van der Waals surface area contributed by atoms with Crippen LogP contribution < -0.4 is 0 Å². The lowest BCUT2D eigenvalue weighted by atomic mass is 9.78. The summed E-state index contributed by atoms with van der Waals surface area (Å²) in [6, 6.07) is 5.29. The van der Waals surface area contributed by atoms with Crippen molar-refractivity contribution < 1.29 is 15.0 Å². The quantitative estimate of drug-likeness (QED) is 0.781. The van der Waals surface area contributed by atoms with Gasteiger partial charge in [0.2, 0.25) is 0 Å². The van der Waals surface area contributed by atoms with Gasteiger partial charge in [-0.3, -0.25) is 9.78 Å². The molecule has 2 rings (SSSR count). The summed E-state index contributed by atoms with van der Waals surface area (Å²) in [6.07, 6.45) is 5.63. The first-order chi connectivity index (χ1) is 8.20. The highest BCUT2D eigenvalue weighted by molar-refractivity contribution is 5.71. The predicted octanol–water partition coefficient (Wildman–Crippen LogP) is 1.78. The molecule has 0 amide bonds. The van der Waals surface area contributed by atoms with Gasteiger partial charge in [-0.25, -0.2) is 0 Å². The number of carbonyl (C=O) groups is 1. The molecule has 1 heterocycles. The second kappa shape index (κ2) is 5.10. The van der Waals surface area contributed by atoms with E-state index in [0.717, 1.165) is 0 Å². The Morgan fingerprint density at radius 3 is 2.76 bits per heavy atom. The predicted molar refractivity (Wildman–Crippen MR) is 62.2 cm³/mol. The molecular formula is C13H15NO3. The number of aromatic nitrogens is 1. The summed E-state index contributed by atoms with van der Waals surface area (Å²) in [6.45, 7) is 0. The number of hydrogen-bond acceptors (Lipinski definition) is 3. The Kier molecular flexibility index (Phi) is 3.54. The number of aliphatic hydroxyl groups is 1. The number of nitrogens with zero attached hydrogens (tertiary/aromatic N) is 1. The molecule has 17 heavy (non-hydrogen) atoms. The van der Waals surface area contributed by atoms with E-state index in [2.05, 4.69) is 4.98 Å². The molecule has 1 aromatic heterocycles. The van der Waals surface area contributed by atoms with Crippen LogP contribution in [0.25, 0.3) is 0 Å². The van der Waals surface area contributed by atoms with Crippen LogP contribution in [-0.2, 0) is 4.79 Å². The minimum absolute atomic E-state index is 0.299. The van der Waals surface area contributed by atoms with E-state index >= 15 is 0 Å². The number of carboxylic acid groups (broad SMARTS) is 1. The topological polar surface area (TPSA) is 70.4 Å². The van der Waals surface area contributed by atoms with Crippen LogP contribution in [0.3, 0.4) is 0 Å². The third kappa shape index (κ3) is 2.53. The molecule has 0 fully saturated rings. The molecule has 0 aliphatic heterocycles. The van der Waals surface area contributed by atoms with E-state index in [0.29, 0.717) is 18.5 Å². The van der Waals surface area contributed by atoms with Crippen LogP contribution in [0.1, 0.15) is 24.6 Å². The van der Waals surface area contributed by atoms with Crippen molar-refractivity contribution in [1.82, 2.24) is 4.98 Å². The molecule has 90 valence electrons. The lowest BCUT2D eigenvalue weighted by Crippen LogP contribution is -2.30. The van der Waals surface area contributed by atoms with Crippen LogP contribution in [0.15, 0.2) is 36.5 Å². The summed E-state index contributed by atoms with van der Waals surface area (Å²) in [4.78, 5) is 15.2. The summed E-state index contributed by atoms with van der Waals surface area (Å²) in [5, 5.41) is 19.3. The second-order valence-electron chi connectivity index (χ2n) is 4.25. The maximum absolute atomic E-state index is 11.1. The van der Waals surface area contributed by atoms with Gasteiger partial charge in [0, 0.05) is 12.1 Å². The number of aliphatic carboxylic acids is 1. The van der Waals surface area contributed by atoms with Gasteiger partial charge in [0.25, 0.3) is 0 Å². The van der Waals surface area contributed by atoms with Crippen LogP contribution >= 0.6 is 0 Å². The average molecular weight is 233 g/mol. The lowest BCUT2D eigenvalue weighted by Gasteiger charge is -2.29. The van der Waals surface area contributed by atoms with E-state index in [1.165, 1.54) is 0 Å². The molecule has 0 saturated carbocycles. The molecule has 1 aromatic rings. The van der Waals surface area contributed by atoms with Crippen molar-refractivity contribution in [2.24, 2.45) is 11.8 Å². The molecule has 0 saturated heterocycles. The number of carboxylic acids is 1. The minimum Gasteiger partial charge on any atom is -0.481 e. The van der Waals surface area contributed by atoms with Gasteiger partial charge in [0.05, 0.1) is 17.7 Å². The Morgan fingerprint density at radius 2 is 2.12 bits per heavy atom. The highest BCUT2D eigenvalue weighted by atomic mass is 16.4. The maximum Gasteiger partial charge on any atom is 0.307 e. The molecule has 4 nitrogen and oxygen atoms in total. The third-order valence-electron chi connectivity index (χ3n) is 3.20. The first-order valence-electron chi connectivity index (χ1n) is 5.67. The number of hydrogen-bond donors (Lipinski definition) is 2. The normalized spacial score (nSPS) is 25.5. The summed E-state index contributed by atoms with van der Waals surface area (Å²) in [5.74, 6) is -1.68. The zero-order valence-corrected chi connectivity index (χ0v) is 9.36. The summed E-state index contributed by atoms with van der Waals surface area (Å²) in [5.41, 5.74) is 0.541. The van der Waals surface area contributed by atoms with Gasteiger partial charge < -0.3 is 10.2 Å². The van der Waals surface area contributed by atoms with Gasteiger partial charge >= 0.3 is 5.97 Å². The number of rotatable bonds is 3. The molecule has 1 aliphatic carbocycles. The van der Waals surface area contributed by atoms with Crippen molar-refractivity contribution in [2.75, 3.05) is 0 Å². The Morgan fingerprint density at radius 1 is 1.35 bits per heavy atom. The maximum atomic E-state index is 11.1. The second-order valence-corrected chi connectivity index (χ2v) is 4.25. The highest BCUT2D eigenvalue weighted by Gasteiger charge is 2.34. The monoisotopic (exact) mass is 233 g/mol. The zero-order chi connectivity index (χ0) is 12.3. The van der Waals surface area contributed by atoms with Gasteiger partial charge in [-0.1, -0.05) is 18.2 Å². The van der Waals surface area contributed by atoms with Gasteiger partial charge in [-0.15, -0.1) is 0 Å². The van der Waals surface area contributed by atoms with E-state index in [-0.39, 0.29) is 5.92 Å². The van der Waals surface area contributed by atoms with Crippen molar-refractivity contribution in [1.29, 1.82) is 0 Å². The largest absolute Gasteiger partial charge is 0.481 e. The molecule has 1 unspecified atom stereocenters. The lowest BCUT2D eigenvalue weighted by molar-refractivity contribution is -0.145. The van der Waals surface area contributed by atoms with Crippen LogP contribution in [0.2, 0.25) is 0 Å². The Balaban J connectivity index is 2.20. The van der Waals surface area contributed by atoms with Crippen LogP contribution in [0.4, 0.5) is 0 Å². The molecular weight excluding hydrogens is 218 g/mol. The first-order valence-corrected chi connectivity index (χ1v) is 5.67. The highest BCUT2D eigenvalue weighted by Crippen LogP contribution is 2.35. The molecule has 0 spiro atoms. The van der Waals surface area contributed by atoms with Crippen LogP contribution in [-0.4, -0.2) is 21.2 Å². The van der Waals surface area contributed by atoms with Gasteiger partial charge in [-0.05, 0) is 25.0 Å². The fraction of sp³-hybridized carbons (Fsp3) is 0.385. The van der Waals surface area contributed by atoms with E-state index < -0.39 is 18.0 Å².